The number of thiophene rings is 1. The second-order valence-electron chi connectivity index (χ2n) is 4.88. The standard InChI is InChI=1S/C15H23N3OS/c1-2-10-16-11-4-9-15-18-17-14(19-15)8-3-6-13-7-5-12-20-13/h5,7,12,16H,2-4,6,8-11H2,1H3. The zero-order valence-electron chi connectivity index (χ0n) is 12.1. The van der Waals surface area contributed by atoms with Crippen LogP contribution in [0.5, 0.6) is 0 Å². The predicted octanol–water partition coefficient (Wildman–Crippen LogP) is 3.24. The van der Waals surface area contributed by atoms with Crippen LogP contribution in [0.3, 0.4) is 0 Å². The molecule has 0 bridgehead atoms. The van der Waals surface area contributed by atoms with Gasteiger partial charge in [-0.3, -0.25) is 0 Å². The first kappa shape index (κ1) is 15.2. The van der Waals surface area contributed by atoms with Gasteiger partial charge in [-0.25, -0.2) is 0 Å². The van der Waals surface area contributed by atoms with Crippen molar-refractivity contribution in [1.82, 2.24) is 15.5 Å². The van der Waals surface area contributed by atoms with Crippen LogP contribution in [0.1, 0.15) is 42.8 Å². The van der Waals surface area contributed by atoms with Gasteiger partial charge in [-0.15, -0.1) is 21.5 Å². The lowest BCUT2D eigenvalue weighted by Crippen LogP contribution is -2.16. The fraction of sp³-hybridized carbons (Fsp3) is 0.600. The first-order valence-corrected chi connectivity index (χ1v) is 8.31. The molecule has 2 rings (SSSR count). The maximum atomic E-state index is 5.66. The highest BCUT2D eigenvalue weighted by Gasteiger charge is 2.06. The summed E-state index contributed by atoms with van der Waals surface area (Å²) in [5.41, 5.74) is 0. The minimum atomic E-state index is 0.773. The highest BCUT2D eigenvalue weighted by molar-refractivity contribution is 7.09. The summed E-state index contributed by atoms with van der Waals surface area (Å²) in [6.07, 6.45) is 6.13. The van der Waals surface area contributed by atoms with Gasteiger partial charge in [0.1, 0.15) is 0 Å². The molecular formula is C15H23N3OS. The number of nitrogens with one attached hydrogen (secondary N) is 1. The molecule has 2 heterocycles. The topological polar surface area (TPSA) is 51.0 Å². The maximum absolute atomic E-state index is 5.66. The Morgan fingerprint density at radius 1 is 1.10 bits per heavy atom. The van der Waals surface area contributed by atoms with E-state index in [1.165, 1.54) is 11.3 Å². The van der Waals surface area contributed by atoms with Gasteiger partial charge in [0, 0.05) is 17.7 Å². The van der Waals surface area contributed by atoms with E-state index in [2.05, 4.69) is 40.0 Å². The van der Waals surface area contributed by atoms with E-state index in [4.69, 9.17) is 4.42 Å². The molecule has 0 aliphatic carbocycles. The molecule has 0 aliphatic heterocycles. The van der Waals surface area contributed by atoms with Gasteiger partial charge in [-0.2, -0.15) is 0 Å². The van der Waals surface area contributed by atoms with Crippen LogP contribution in [0.15, 0.2) is 21.9 Å². The van der Waals surface area contributed by atoms with Crippen LogP contribution in [0, 0.1) is 0 Å². The molecule has 0 saturated carbocycles. The molecule has 0 aliphatic rings. The van der Waals surface area contributed by atoms with Crippen molar-refractivity contribution in [3.8, 4) is 0 Å². The molecule has 0 fully saturated rings. The first-order valence-electron chi connectivity index (χ1n) is 7.43. The first-order chi connectivity index (χ1) is 9.88. The summed E-state index contributed by atoms with van der Waals surface area (Å²) < 4.78 is 5.66. The molecule has 4 nitrogen and oxygen atoms in total. The Kier molecular flexibility index (Phi) is 6.74. The van der Waals surface area contributed by atoms with Gasteiger partial charge in [0.05, 0.1) is 0 Å². The van der Waals surface area contributed by atoms with Crippen LogP contribution in [0.4, 0.5) is 0 Å². The van der Waals surface area contributed by atoms with Gasteiger partial charge < -0.3 is 9.73 Å². The summed E-state index contributed by atoms with van der Waals surface area (Å²) in [6, 6.07) is 4.27. The fourth-order valence-corrected chi connectivity index (χ4v) is 2.78. The van der Waals surface area contributed by atoms with Gasteiger partial charge in [0.2, 0.25) is 11.8 Å². The van der Waals surface area contributed by atoms with Gasteiger partial charge in [-0.1, -0.05) is 13.0 Å². The third-order valence-electron chi connectivity index (χ3n) is 3.07. The molecule has 0 radical (unpaired) electrons. The zero-order chi connectivity index (χ0) is 14.0. The van der Waals surface area contributed by atoms with E-state index < -0.39 is 0 Å². The Bertz CT molecular complexity index is 467. The van der Waals surface area contributed by atoms with Crippen molar-refractivity contribution in [3.63, 3.8) is 0 Å². The van der Waals surface area contributed by atoms with Crippen LogP contribution in [-0.2, 0) is 19.3 Å². The Hall–Kier alpha value is -1.20. The van der Waals surface area contributed by atoms with Crippen molar-refractivity contribution < 1.29 is 4.42 Å². The second-order valence-corrected chi connectivity index (χ2v) is 5.91. The lowest BCUT2D eigenvalue weighted by molar-refractivity contribution is 0.437. The summed E-state index contributed by atoms with van der Waals surface area (Å²) in [5, 5.41) is 13.7. The van der Waals surface area contributed by atoms with Crippen LogP contribution >= 0.6 is 11.3 Å². The maximum Gasteiger partial charge on any atom is 0.216 e. The molecule has 20 heavy (non-hydrogen) atoms. The molecule has 5 heteroatoms. The fourth-order valence-electron chi connectivity index (χ4n) is 2.03. The molecule has 110 valence electrons. The predicted molar refractivity (Wildman–Crippen MR) is 82.1 cm³/mol. The second kappa shape index (κ2) is 8.87. The third kappa shape index (κ3) is 5.43. The molecule has 1 N–H and O–H groups in total. The zero-order valence-corrected chi connectivity index (χ0v) is 12.9. The van der Waals surface area contributed by atoms with Crippen molar-refractivity contribution in [3.05, 3.63) is 34.2 Å². The lowest BCUT2D eigenvalue weighted by Gasteiger charge is -1.99. The normalized spacial score (nSPS) is 11.1. The van der Waals surface area contributed by atoms with Crippen LogP contribution in [-0.4, -0.2) is 23.3 Å². The molecule has 2 aromatic rings. The van der Waals surface area contributed by atoms with E-state index in [0.29, 0.717) is 0 Å². The van der Waals surface area contributed by atoms with E-state index in [0.717, 1.165) is 57.0 Å². The number of hydrogen-bond acceptors (Lipinski definition) is 5. The van der Waals surface area contributed by atoms with E-state index >= 15 is 0 Å². The quantitative estimate of drug-likeness (QED) is 0.683. The van der Waals surface area contributed by atoms with E-state index in [9.17, 15) is 0 Å². The summed E-state index contributed by atoms with van der Waals surface area (Å²) >= 11 is 1.81. The Morgan fingerprint density at radius 2 is 1.90 bits per heavy atom. The number of aromatic nitrogens is 2. The Labute approximate surface area is 124 Å². The highest BCUT2D eigenvalue weighted by Crippen LogP contribution is 2.13. The van der Waals surface area contributed by atoms with Crippen molar-refractivity contribution in [2.75, 3.05) is 13.1 Å². The van der Waals surface area contributed by atoms with E-state index in [-0.39, 0.29) is 0 Å². The average molecular weight is 293 g/mol. The van der Waals surface area contributed by atoms with Crippen molar-refractivity contribution in [2.45, 2.75) is 45.4 Å². The number of nitrogens with zero attached hydrogens (tertiary/aromatic N) is 2. The van der Waals surface area contributed by atoms with Gasteiger partial charge in [0.25, 0.3) is 0 Å². The minimum absolute atomic E-state index is 0.773. The molecule has 0 aromatic carbocycles. The van der Waals surface area contributed by atoms with Gasteiger partial charge in [0.15, 0.2) is 0 Å². The molecule has 2 aromatic heterocycles. The van der Waals surface area contributed by atoms with Crippen LogP contribution in [0.25, 0.3) is 0 Å². The number of rotatable bonds is 10. The minimum Gasteiger partial charge on any atom is -0.425 e. The number of hydrogen-bond donors (Lipinski definition) is 1. The highest BCUT2D eigenvalue weighted by atomic mass is 32.1. The Balaban J connectivity index is 1.61. The summed E-state index contributed by atoms with van der Waals surface area (Å²) in [6.45, 7) is 4.27. The molecule has 0 saturated heterocycles. The van der Waals surface area contributed by atoms with Gasteiger partial charge >= 0.3 is 0 Å². The Morgan fingerprint density at radius 3 is 2.60 bits per heavy atom. The smallest absolute Gasteiger partial charge is 0.216 e. The van der Waals surface area contributed by atoms with E-state index in [1.807, 2.05) is 11.3 Å². The van der Waals surface area contributed by atoms with Crippen LogP contribution in [0.2, 0.25) is 0 Å². The third-order valence-corrected chi connectivity index (χ3v) is 4.01. The number of aryl methyl sites for hydroxylation is 3. The lowest BCUT2D eigenvalue weighted by atomic mass is 10.2. The monoisotopic (exact) mass is 293 g/mol. The molecule has 0 atom stereocenters. The van der Waals surface area contributed by atoms with Crippen molar-refractivity contribution in [2.24, 2.45) is 0 Å². The molecule has 0 amide bonds. The van der Waals surface area contributed by atoms with Crippen molar-refractivity contribution in [1.29, 1.82) is 0 Å². The van der Waals surface area contributed by atoms with Crippen LogP contribution < -0.4 is 5.32 Å². The summed E-state index contributed by atoms with van der Waals surface area (Å²) in [7, 11) is 0. The summed E-state index contributed by atoms with van der Waals surface area (Å²) in [4.78, 5) is 1.42. The van der Waals surface area contributed by atoms with Crippen molar-refractivity contribution >= 4 is 11.3 Å². The van der Waals surface area contributed by atoms with Gasteiger partial charge in [-0.05, 0) is 50.2 Å². The molecule has 0 unspecified atom stereocenters. The molecule has 0 spiro atoms. The largest absolute Gasteiger partial charge is 0.425 e. The summed E-state index contributed by atoms with van der Waals surface area (Å²) in [5.74, 6) is 1.55. The average Bonchev–Trinajstić information content (AvgIpc) is 3.11. The molecular weight excluding hydrogens is 270 g/mol. The SMILES string of the molecule is CCCNCCCc1nnc(CCCc2cccs2)o1. The van der Waals surface area contributed by atoms with E-state index in [1.54, 1.807) is 0 Å².